The van der Waals surface area contributed by atoms with E-state index in [-0.39, 0.29) is 29.6 Å². The van der Waals surface area contributed by atoms with Crippen LogP contribution in [0.3, 0.4) is 0 Å². The van der Waals surface area contributed by atoms with Crippen molar-refractivity contribution in [3.8, 4) is 0 Å². The number of anilines is 2. The van der Waals surface area contributed by atoms with Gasteiger partial charge >= 0.3 is 6.03 Å². The Morgan fingerprint density at radius 1 is 1.27 bits per heavy atom. The van der Waals surface area contributed by atoms with Crippen LogP contribution in [0.4, 0.5) is 16.2 Å². The van der Waals surface area contributed by atoms with Gasteiger partial charge in [0.25, 0.3) is 5.56 Å². The van der Waals surface area contributed by atoms with Gasteiger partial charge in [0.15, 0.2) is 0 Å². The molecule has 2 aromatic rings. The molecule has 3 rings (SSSR count). The van der Waals surface area contributed by atoms with Gasteiger partial charge in [0, 0.05) is 25.5 Å². The van der Waals surface area contributed by atoms with Crippen molar-refractivity contribution >= 4 is 23.3 Å². The van der Waals surface area contributed by atoms with E-state index in [0.29, 0.717) is 18.8 Å². The normalized spacial score (nSPS) is 17.0. The van der Waals surface area contributed by atoms with E-state index in [0.717, 1.165) is 12.0 Å². The number of methoxy groups -OCH3 is 1. The highest BCUT2D eigenvalue weighted by Gasteiger charge is 2.36. The summed E-state index contributed by atoms with van der Waals surface area (Å²) in [6.45, 7) is 4.96. The smallest absolute Gasteiger partial charge is 0.322 e. The van der Waals surface area contributed by atoms with Crippen LogP contribution in [0.1, 0.15) is 25.8 Å². The van der Waals surface area contributed by atoms with Crippen molar-refractivity contribution in [2.75, 3.05) is 24.4 Å². The fraction of sp³-hybridized carbons (Fsp3) is 0.409. The molecule has 0 bridgehead atoms. The summed E-state index contributed by atoms with van der Waals surface area (Å²) in [6, 6.07) is 9.56. The summed E-state index contributed by atoms with van der Waals surface area (Å²) < 4.78 is 6.51. The number of aromatic nitrogens is 1. The zero-order valence-electron chi connectivity index (χ0n) is 17.6. The largest absolute Gasteiger partial charge is 0.383 e. The maximum absolute atomic E-state index is 13.2. The summed E-state index contributed by atoms with van der Waals surface area (Å²) in [5, 5.41) is 5.66. The molecule has 0 aliphatic carbocycles. The first-order valence-corrected chi connectivity index (χ1v) is 10.1. The molecule has 0 fully saturated rings. The molecule has 30 heavy (non-hydrogen) atoms. The minimum Gasteiger partial charge on any atom is -0.383 e. The van der Waals surface area contributed by atoms with Crippen LogP contribution < -0.4 is 16.2 Å². The van der Waals surface area contributed by atoms with Gasteiger partial charge in [-0.25, -0.2) is 4.79 Å². The van der Waals surface area contributed by atoms with Crippen molar-refractivity contribution < 1.29 is 14.3 Å². The molecule has 0 radical (unpaired) electrons. The third kappa shape index (κ3) is 4.54. The number of rotatable bonds is 6. The number of pyridine rings is 1. The topological polar surface area (TPSA) is 92.7 Å². The number of nitrogens with zero attached hydrogens (tertiary/aromatic N) is 2. The first kappa shape index (κ1) is 21.6. The number of fused-ring (bicyclic) bond motifs is 1. The SMILES string of the molecule is CC[C@H](C)[C@H]1C(=O)Nc2ccccc2CN1C(=O)Nc1cccn(CCOC)c1=O. The van der Waals surface area contributed by atoms with E-state index in [1.165, 1.54) is 9.47 Å². The van der Waals surface area contributed by atoms with E-state index >= 15 is 0 Å². The lowest BCUT2D eigenvalue weighted by Crippen LogP contribution is -2.50. The maximum Gasteiger partial charge on any atom is 0.322 e. The molecular weight excluding hydrogens is 384 g/mol. The Morgan fingerprint density at radius 3 is 2.77 bits per heavy atom. The molecule has 1 aliphatic heterocycles. The van der Waals surface area contributed by atoms with Gasteiger partial charge in [-0.15, -0.1) is 0 Å². The van der Waals surface area contributed by atoms with E-state index in [2.05, 4.69) is 10.6 Å². The predicted octanol–water partition coefficient (Wildman–Crippen LogP) is 2.90. The van der Waals surface area contributed by atoms with Gasteiger partial charge in [-0.05, 0) is 29.7 Å². The molecule has 2 N–H and O–H groups in total. The van der Waals surface area contributed by atoms with Crippen LogP contribution in [0.2, 0.25) is 0 Å². The summed E-state index contributed by atoms with van der Waals surface area (Å²) in [7, 11) is 1.56. The first-order valence-electron chi connectivity index (χ1n) is 10.1. The minimum absolute atomic E-state index is 0.0563. The Hall–Kier alpha value is -3.13. The third-order valence-corrected chi connectivity index (χ3v) is 5.46. The molecule has 2 heterocycles. The second-order valence-corrected chi connectivity index (χ2v) is 7.45. The van der Waals surface area contributed by atoms with Crippen LogP contribution in [0.15, 0.2) is 47.4 Å². The number of carbonyl (C=O) groups excluding carboxylic acids is 2. The monoisotopic (exact) mass is 412 g/mol. The second kappa shape index (κ2) is 9.58. The number of carbonyl (C=O) groups is 2. The Labute approximate surface area is 175 Å². The molecule has 1 aromatic heterocycles. The second-order valence-electron chi connectivity index (χ2n) is 7.45. The quantitative estimate of drug-likeness (QED) is 0.763. The summed E-state index contributed by atoms with van der Waals surface area (Å²) in [5.41, 5.74) is 1.40. The molecule has 1 aromatic carbocycles. The van der Waals surface area contributed by atoms with Crippen molar-refractivity contribution in [3.05, 3.63) is 58.5 Å². The van der Waals surface area contributed by atoms with E-state index in [9.17, 15) is 14.4 Å². The number of urea groups is 1. The fourth-order valence-electron chi connectivity index (χ4n) is 3.58. The van der Waals surface area contributed by atoms with Crippen LogP contribution in [-0.2, 0) is 22.6 Å². The van der Waals surface area contributed by atoms with Gasteiger partial charge in [-0.1, -0.05) is 38.5 Å². The first-order chi connectivity index (χ1) is 14.5. The molecule has 0 saturated heterocycles. The number of amides is 3. The van der Waals surface area contributed by atoms with Crippen molar-refractivity contribution in [1.29, 1.82) is 0 Å². The highest BCUT2D eigenvalue weighted by Crippen LogP contribution is 2.27. The van der Waals surface area contributed by atoms with Crippen LogP contribution in [0, 0.1) is 5.92 Å². The van der Waals surface area contributed by atoms with Crippen molar-refractivity contribution in [1.82, 2.24) is 9.47 Å². The lowest BCUT2D eigenvalue weighted by Gasteiger charge is -2.32. The van der Waals surface area contributed by atoms with Crippen LogP contribution in [0.5, 0.6) is 0 Å². The minimum atomic E-state index is -0.651. The zero-order valence-corrected chi connectivity index (χ0v) is 17.6. The number of para-hydroxylation sites is 1. The Morgan fingerprint density at radius 2 is 2.03 bits per heavy atom. The Bertz CT molecular complexity index is 972. The van der Waals surface area contributed by atoms with Gasteiger partial charge in [0.05, 0.1) is 13.2 Å². The van der Waals surface area contributed by atoms with Gasteiger partial charge in [0.1, 0.15) is 11.7 Å². The van der Waals surface area contributed by atoms with Crippen LogP contribution in [0.25, 0.3) is 0 Å². The Kier molecular flexibility index (Phi) is 6.89. The summed E-state index contributed by atoms with van der Waals surface area (Å²) in [5.74, 6) is -0.283. The van der Waals surface area contributed by atoms with Crippen LogP contribution in [-0.4, -0.2) is 41.2 Å². The van der Waals surface area contributed by atoms with Gasteiger partial charge in [-0.3, -0.25) is 9.59 Å². The number of nitrogens with one attached hydrogen (secondary N) is 2. The molecule has 0 saturated carbocycles. The van der Waals surface area contributed by atoms with E-state index in [1.807, 2.05) is 38.1 Å². The van der Waals surface area contributed by atoms with Crippen molar-refractivity contribution in [3.63, 3.8) is 0 Å². The van der Waals surface area contributed by atoms with Gasteiger partial charge in [0.2, 0.25) is 5.91 Å². The summed E-state index contributed by atoms with van der Waals surface area (Å²) in [6.07, 6.45) is 2.38. The van der Waals surface area contributed by atoms with Crippen molar-refractivity contribution in [2.24, 2.45) is 5.92 Å². The zero-order chi connectivity index (χ0) is 21.7. The molecule has 0 spiro atoms. The molecular formula is C22H28N4O4. The molecule has 3 amide bonds. The van der Waals surface area contributed by atoms with Crippen LogP contribution >= 0.6 is 0 Å². The number of benzene rings is 1. The third-order valence-electron chi connectivity index (χ3n) is 5.46. The highest BCUT2D eigenvalue weighted by atomic mass is 16.5. The molecule has 160 valence electrons. The van der Waals surface area contributed by atoms with Crippen molar-refractivity contribution in [2.45, 2.75) is 39.4 Å². The summed E-state index contributed by atoms with van der Waals surface area (Å²) in [4.78, 5) is 40.4. The average Bonchev–Trinajstić information content (AvgIpc) is 2.89. The lowest BCUT2D eigenvalue weighted by molar-refractivity contribution is -0.121. The average molecular weight is 412 g/mol. The van der Waals surface area contributed by atoms with E-state index < -0.39 is 12.1 Å². The molecule has 8 heteroatoms. The number of hydrogen-bond acceptors (Lipinski definition) is 4. The highest BCUT2D eigenvalue weighted by molar-refractivity contribution is 6.00. The Balaban J connectivity index is 1.92. The number of hydrogen-bond donors (Lipinski definition) is 2. The van der Waals surface area contributed by atoms with E-state index in [4.69, 9.17) is 4.74 Å². The molecule has 8 nitrogen and oxygen atoms in total. The molecule has 2 atom stereocenters. The standard InChI is InChI=1S/C22H28N4O4/c1-4-15(2)19-20(27)23-17-9-6-5-8-16(17)14-26(19)22(29)24-18-10-7-11-25(21(18)28)12-13-30-3/h5-11,15,19H,4,12-14H2,1-3H3,(H,23,27)(H,24,29)/t15-,19-/m0/s1. The lowest BCUT2D eigenvalue weighted by atomic mass is 9.97. The van der Waals surface area contributed by atoms with E-state index in [1.54, 1.807) is 25.4 Å². The predicted molar refractivity (Wildman–Crippen MR) is 115 cm³/mol. The molecule has 1 aliphatic rings. The van der Waals surface area contributed by atoms with Gasteiger partial charge in [-0.2, -0.15) is 0 Å². The molecule has 0 unspecified atom stereocenters. The summed E-state index contributed by atoms with van der Waals surface area (Å²) >= 11 is 0. The number of ether oxygens (including phenoxy) is 1. The maximum atomic E-state index is 13.2. The fourth-order valence-corrected chi connectivity index (χ4v) is 3.58. The van der Waals surface area contributed by atoms with Gasteiger partial charge < -0.3 is 24.8 Å².